The van der Waals surface area contributed by atoms with Gasteiger partial charge in [-0.2, -0.15) is 0 Å². The topological polar surface area (TPSA) is 81.5 Å². The third-order valence-electron chi connectivity index (χ3n) is 5.67. The van der Waals surface area contributed by atoms with Gasteiger partial charge in [-0.05, 0) is 37.3 Å². The van der Waals surface area contributed by atoms with E-state index in [1.54, 1.807) is 31.4 Å². The smallest absolute Gasteiger partial charge is 0.258 e. The first kappa shape index (κ1) is 22.7. The molecular weight excluding hydrogens is 425 g/mol. The molecule has 174 valence electrons. The Bertz CT molecular complexity index is 1090. The molecule has 1 N–H and O–H groups in total. The fraction of sp³-hybridized carbons (Fsp3) is 0.375. The molecule has 1 atom stereocenters. The number of benzene rings is 2. The van der Waals surface area contributed by atoms with Crippen molar-refractivity contribution in [3.63, 3.8) is 0 Å². The van der Waals surface area contributed by atoms with E-state index in [1.165, 1.54) is 6.07 Å². The van der Waals surface area contributed by atoms with Crippen LogP contribution in [0.3, 0.4) is 0 Å². The first-order valence-corrected chi connectivity index (χ1v) is 11.0. The number of rotatable bonds is 8. The van der Waals surface area contributed by atoms with Gasteiger partial charge in [-0.25, -0.2) is 4.39 Å². The van der Waals surface area contributed by atoms with Crippen LogP contribution in [0.2, 0.25) is 0 Å². The largest absolute Gasteiger partial charge is 0.497 e. The quantitative estimate of drug-likeness (QED) is 0.565. The second-order valence-electron chi connectivity index (χ2n) is 8.00. The molecule has 33 heavy (non-hydrogen) atoms. The van der Waals surface area contributed by atoms with E-state index in [0.29, 0.717) is 48.9 Å². The number of methoxy groups -OCH3 is 1. The summed E-state index contributed by atoms with van der Waals surface area (Å²) in [5, 5.41) is 11.6. The van der Waals surface area contributed by atoms with Crippen LogP contribution in [0.25, 0.3) is 0 Å². The highest BCUT2D eigenvalue weighted by Gasteiger charge is 2.23. The van der Waals surface area contributed by atoms with Gasteiger partial charge in [0.05, 0.1) is 13.2 Å². The summed E-state index contributed by atoms with van der Waals surface area (Å²) in [5.74, 6) is 2.38. The lowest BCUT2D eigenvalue weighted by Crippen LogP contribution is -2.33. The van der Waals surface area contributed by atoms with Gasteiger partial charge < -0.3 is 19.4 Å². The molecule has 0 saturated carbocycles. The lowest BCUT2D eigenvalue weighted by molar-refractivity contribution is -0.123. The van der Waals surface area contributed by atoms with Gasteiger partial charge in [0.2, 0.25) is 0 Å². The summed E-state index contributed by atoms with van der Waals surface area (Å²) in [4.78, 5) is 14.5. The Morgan fingerprint density at radius 1 is 1.12 bits per heavy atom. The minimum absolute atomic E-state index is 0.0742. The predicted octanol–water partition coefficient (Wildman–Crippen LogP) is 2.74. The fourth-order valence-electron chi connectivity index (χ4n) is 3.92. The second-order valence-corrected chi connectivity index (χ2v) is 8.00. The molecule has 0 saturated heterocycles. The third kappa shape index (κ3) is 5.67. The van der Waals surface area contributed by atoms with Gasteiger partial charge >= 0.3 is 0 Å². The van der Waals surface area contributed by atoms with E-state index >= 15 is 0 Å². The Morgan fingerprint density at radius 3 is 2.73 bits per heavy atom. The van der Waals surface area contributed by atoms with Crippen molar-refractivity contribution in [1.29, 1.82) is 0 Å². The molecule has 1 aromatic heterocycles. The zero-order chi connectivity index (χ0) is 23.2. The van der Waals surface area contributed by atoms with Crippen LogP contribution in [0.15, 0.2) is 48.5 Å². The first-order valence-electron chi connectivity index (χ1n) is 11.0. The first-order chi connectivity index (χ1) is 16.0. The van der Waals surface area contributed by atoms with E-state index in [4.69, 9.17) is 9.47 Å². The minimum Gasteiger partial charge on any atom is -0.497 e. The Balaban J connectivity index is 1.35. The second kappa shape index (κ2) is 10.4. The Labute approximate surface area is 192 Å². The summed E-state index contributed by atoms with van der Waals surface area (Å²) in [6.07, 6.45) is 0.691. The van der Waals surface area contributed by atoms with E-state index < -0.39 is 0 Å². The van der Waals surface area contributed by atoms with Crippen LogP contribution in [0.5, 0.6) is 11.5 Å². The molecule has 8 nitrogen and oxygen atoms in total. The van der Waals surface area contributed by atoms with Gasteiger partial charge in [-0.3, -0.25) is 9.69 Å². The van der Waals surface area contributed by atoms with Gasteiger partial charge in [0, 0.05) is 38.2 Å². The van der Waals surface area contributed by atoms with Crippen molar-refractivity contribution in [3.8, 4) is 11.5 Å². The van der Waals surface area contributed by atoms with Gasteiger partial charge in [0.25, 0.3) is 5.91 Å². The Morgan fingerprint density at radius 2 is 1.94 bits per heavy atom. The molecule has 0 bridgehead atoms. The number of hydrogen-bond acceptors (Lipinski definition) is 6. The molecule has 1 aliphatic heterocycles. The van der Waals surface area contributed by atoms with Crippen molar-refractivity contribution in [1.82, 2.24) is 25.0 Å². The molecule has 2 aromatic carbocycles. The fourth-order valence-corrected chi connectivity index (χ4v) is 3.92. The monoisotopic (exact) mass is 453 g/mol. The summed E-state index contributed by atoms with van der Waals surface area (Å²) in [6.45, 7) is 4.40. The van der Waals surface area contributed by atoms with Crippen molar-refractivity contribution >= 4 is 5.91 Å². The molecule has 4 rings (SSSR count). The molecule has 0 aliphatic carbocycles. The number of amides is 1. The molecule has 1 unspecified atom stereocenters. The number of nitrogens with zero attached hydrogens (tertiary/aromatic N) is 4. The molecule has 0 fully saturated rings. The maximum atomic E-state index is 14.3. The summed E-state index contributed by atoms with van der Waals surface area (Å²) in [7, 11) is 1.57. The molecular formula is C24H28FN5O3. The third-order valence-corrected chi connectivity index (χ3v) is 5.67. The number of nitrogens with one attached hydrogen (secondary N) is 1. The highest BCUT2D eigenvalue weighted by Crippen LogP contribution is 2.20. The predicted molar refractivity (Wildman–Crippen MR) is 120 cm³/mol. The van der Waals surface area contributed by atoms with Gasteiger partial charge in [0.15, 0.2) is 12.4 Å². The van der Waals surface area contributed by atoms with Crippen LogP contribution in [-0.2, 0) is 24.3 Å². The molecule has 3 aromatic rings. The van der Waals surface area contributed by atoms with Gasteiger partial charge in [0.1, 0.15) is 23.1 Å². The van der Waals surface area contributed by atoms with Crippen molar-refractivity contribution in [2.45, 2.75) is 32.5 Å². The van der Waals surface area contributed by atoms with Crippen molar-refractivity contribution < 1.29 is 18.7 Å². The standard InChI is InChI=1S/C24H28FN5O3/c1-17(26-23(31)16-33-19-6-4-3-5-7-19)24-28-27-22-10-11-29(12-13-30(22)24)15-18-14-20(32-2)8-9-21(18)25/h3-9,14,17H,10-13,15-16H2,1-2H3,(H,26,31). The van der Waals surface area contributed by atoms with Crippen molar-refractivity contribution in [2.75, 3.05) is 26.8 Å². The van der Waals surface area contributed by atoms with E-state index in [9.17, 15) is 9.18 Å². The van der Waals surface area contributed by atoms with Crippen LogP contribution in [0.4, 0.5) is 4.39 Å². The zero-order valence-corrected chi connectivity index (χ0v) is 18.8. The van der Waals surface area contributed by atoms with Crippen LogP contribution in [0, 0.1) is 5.82 Å². The highest BCUT2D eigenvalue weighted by atomic mass is 19.1. The van der Waals surface area contributed by atoms with Crippen LogP contribution < -0.4 is 14.8 Å². The number of ether oxygens (including phenoxy) is 2. The van der Waals surface area contributed by atoms with Gasteiger partial charge in [-0.15, -0.1) is 10.2 Å². The van der Waals surface area contributed by atoms with E-state index in [1.807, 2.05) is 29.7 Å². The minimum atomic E-state index is -0.319. The average molecular weight is 454 g/mol. The summed E-state index contributed by atoms with van der Waals surface area (Å²) in [5.41, 5.74) is 0.603. The molecule has 0 radical (unpaired) electrons. The zero-order valence-electron chi connectivity index (χ0n) is 18.8. The van der Waals surface area contributed by atoms with Crippen molar-refractivity contribution in [3.05, 3.63) is 71.6 Å². The molecule has 2 heterocycles. The van der Waals surface area contributed by atoms with E-state index in [0.717, 1.165) is 12.4 Å². The summed E-state index contributed by atoms with van der Waals surface area (Å²) < 4.78 is 27.1. The lowest BCUT2D eigenvalue weighted by Gasteiger charge is -2.21. The van der Waals surface area contributed by atoms with Crippen LogP contribution in [-0.4, -0.2) is 52.4 Å². The maximum absolute atomic E-state index is 14.3. The highest BCUT2D eigenvalue weighted by molar-refractivity contribution is 5.77. The summed E-state index contributed by atoms with van der Waals surface area (Å²) in [6, 6.07) is 13.7. The number of fused-ring (bicyclic) bond motifs is 1. The summed E-state index contributed by atoms with van der Waals surface area (Å²) >= 11 is 0. The Kier molecular flexibility index (Phi) is 7.19. The van der Waals surface area contributed by atoms with E-state index in [-0.39, 0.29) is 24.4 Å². The normalized spacial score (nSPS) is 14.8. The number of carbonyl (C=O) groups excluding carboxylic acids is 1. The molecule has 1 aliphatic rings. The van der Waals surface area contributed by atoms with Crippen LogP contribution >= 0.6 is 0 Å². The molecule has 9 heteroatoms. The van der Waals surface area contributed by atoms with E-state index in [2.05, 4.69) is 20.4 Å². The number of para-hydroxylation sites is 1. The van der Waals surface area contributed by atoms with Crippen LogP contribution in [0.1, 0.15) is 30.2 Å². The molecule has 1 amide bonds. The number of halogens is 1. The maximum Gasteiger partial charge on any atom is 0.258 e. The Hall–Kier alpha value is -3.46. The number of aromatic nitrogens is 3. The number of hydrogen-bond donors (Lipinski definition) is 1. The van der Waals surface area contributed by atoms with Gasteiger partial charge in [-0.1, -0.05) is 18.2 Å². The van der Waals surface area contributed by atoms with Crippen molar-refractivity contribution in [2.24, 2.45) is 0 Å². The average Bonchev–Trinajstić information content (AvgIpc) is 3.14. The SMILES string of the molecule is COc1ccc(F)c(CN2CCc3nnc(C(C)NC(=O)COc4ccccc4)n3CC2)c1. The lowest BCUT2D eigenvalue weighted by atomic mass is 10.2. The molecule has 0 spiro atoms. The number of carbonyl (C=O) groups is 1.